The van der Waals surface area contributed by atoms with Gasteiger partial charge in [0, 0.05) is 28.6 Å². The first-order valence-corrected chi connectivity index (χ1v) is 6.14. The van der Waals surface area contributed by atoms with Gasteiger partial charge in [-0.3, -0.25) is 0 Å². The molecule has 4 heteroatoms. The molecule has 2 nitrogen and oxygen atoms in total. The van der Waals surface area contributed by atoms with E-state index in [9.17, 15) is 9.50 Å². The molecule has 1 fully saturated rings. The molecule has 94 valence electrons. The zero-order valence-corrected chi connectivity index (χ0v) is 10.8. The number of nitrogens with one attached hydrogen (secondary N) is 1. The predicted octanol–water partition coefficient (Wildman–Crippen LogP) is 2.73. The Morgan fingerprint density at radius 3 is 2.76 bits per heavy atom. The average molecular weight is 258 g/mol. The smallest absolute Gasteiger partial charge is 0.129 e. The summed E-state index contributed by atoms with van der Waals surface area (Å²) in [5.41, 5.74) is 0.467. The molecule has 1 aromatic carbocycles. The first kappa shape index (κ1) is 12.8. The molecular formula is C13H17ClFNO. The van der Waals surface area contributed by atoms with Gasteiger partial charge in [-0.2, -0.15) is 0 Å². The Hall–Kier alpha value is -0.640. The zero-order chi connectivity index (χ0) is 12.6. The lowest BCUT2D eigenvalue weighted by molar-refractivity contribution is -0.0730. The van der Waals surface area contributed by atoms with Crippen molar-refractivity contribution in [3.05, 3.63) is 34.6 Å². The van der Waals surface area contributed by atoms with Crippen LogP contribution in [0.2, 0.25) is 5.02 Å². The van der Waals surface area contributed by atoms with Crippen molar-refractivity contribution in [2.45, 2.75) is 39.0 Å². The molecule has 2 rings (SSSR count). The van der Waals surface area contributed by atoms with E-state index in [1.807, 2.05) is 13.8 Å². The number of hydrogen-bond acceptors (Lipinski definition) is 2. The van der Waals surface area contributed by atoms with E-state index >= 15 is 0 Å². The summed E-state index contributed by atoms with van der Waals surface area (Å²) in [5.74, 6) is -0.289. The van der Waals surface area contributed by atoms with Gasteiger partial charge >= 0.3 is 0 Å². The molecule has 1 saturated carbocycles. The van der Waals surface area contributed by atoms with Crippen LogP contribution in [-0.4, -0.2) is 17.3 Å². The normalized spacial score (nSPS) is 26.6. The molecular weight excluding hydrogens is 241 g/mol. The number of hydrogen-bond donors (Lipinski definition) is 2. The van der Waals surface area contributed by atoms with E-state index in [2.05, 4.69) is 5.32 Å². The molecule has 0 aromatic heterocycles. The Bertz CT molecular complexity index is 422. The number of aliphatic hydroxyl groups excluding tert-OH is 1. The quantitative estimate of drug-likeness (QED) is 0.873. The van der Waals surface area contributed by atoms with Crippen LogP contribution in [0.5, 0.6) is 0 Å². The van der Waals surface area contributed by atoms with Gasteiger partial charge in [0.2, 0.25) is 0 Å². The summed E-state index contributed by atoms with van der Waals surface area (Å²) < 4.78 is 13.5. The summed E-state index contributed by atoms with van der Waals surface area (Å²) in [6.07, 6.45) is 0.456. The second kappa shape index (κ2) is 4.56. The molecule has 0 heterocycles. The molecule has 17 heavy (non-hydrogen) atoms. The van der Waals surface area contributed by atoms with Crippen molar-refractivity contribution in [3.63, 3.8) is 0 Å². The van der Waals surface area contributed by atoms with E-state index in [1.54, 1.807) is 12.1 Å². The minimum absolute atomic E-state index is 0.136. The van der Waals surface area contributed by atoms with Crippen LogP contribution in [0.25, 0.3) is 0 Å². The fourth-order valence-electron chi connectivity index (χ4n) is 2.15. The van der Waals surface area contributed by atoms with Gasteiger partial charge in [-0.05, 0) is 18.6 Å². The van der Waals surface area contributed by atoms with Gasteiger partial charge in [-0.1, -0.05) is 31.5 Å². The largest absolute Gasteiger partial charge is 0.392 e. The van der Waals surface area contributed by atoms with E-state index in [-0.39, 0.29) is 23.4 Å². The second-order valence-electron chi connectivity index (χ2n) is 5.24. The fourth-order valence-corrected chi connectivity index (χ4v) is 2.31. The van der Waals surface area contributed by atoms with Crippen LogP contribution in [0.15, 0.2) is 18.2 Å². The highest BCUT2D eigenvalue weighted by atomic mass is 35.5. The van der Waals surface area contributed by atoms with Crippen molar-refractivity contribution in [1.29, 1.82) is 0 Å². The van der Waals surface area contributed by atoms with Crippen LogP contribution < -0.4 is 5.32 Å². The van der Waals surface area contributed by atoms with Gasteiger partial charge in [0.1, 0.15) is 5.82 Å². The Balaban J connectivity index is 1.95. The summed E-state index contributed by atoms with van der Waals surface area (Å²) in [5, 5.41) is 13.3. The topological polar surface area (TPSA) is 32.3 Å². The molecule has 2 atom stereocenters. The van der Waals surface area contributed by atoms with Crippen LogP contribution in [-0.2, 0) is 6.54 Å². The van der Waals surface area contributed by atoms with Crippen LogP contribution in [0.3, 0.4) is 0 Å². The Kier molecular flexibility index (Phi) is 3.43. The second-order valence-corrected chi connectivity index (χ2v) is 5.68. The molecule has 0 amide bonds. The maximum absolute atomic E-state index is 13.5. The van der Waals surface area contributed by atoms with Crippen LogP contribution >= 0.6 is 11.6 Å². The summed E-state index contributed by atoms with van der Waals surface area (Å²) in [6.45, 7) is 4.48. The van der Waals surface area contributed by atoms with Gasteiger partial charge in [0.25, 0.3) is 0 Å². The van der Waals surface area contributed by atoms with Gasteiger partial charge in [-0.25, -0.2) is 4.39 Å². The third-order valence-electron chi connectivity index (χ3n) is 3.77. The number of halogens is 2. The van der Waals surface area contributed by atoms with E-state index in [4.69, 9.17) is 11.6 Å². The van der Waals surface area contributed by atoms with Crippen LogP contribution in [0, 0.1) is 11.2 Å². The number of benzene rings is 1. The first-order chi connectivity index (χ1) is 7.91. The van der Waals surface area contributed by atoms with Crippen molar-refractivity contribution < 1.29 is 9.50 Å². The Morgan fingerprint density at radius 2 is 2.24 bits per heavy atom. The molecule has 1 aliphatic carbocycles. The highest BCUT2D eigenvalue weighted by Gasteiger charge is 2.46. The molecule has 1 aliphatic rings. The maximum atomic E-state index is 13.5. The summed E-state index contributed by atoms with van der Waals surface area (Å²) in [7, 11) is 0. The van der Waals surface area contributed by atoms with Crippen molar-refractivity contribution in [3.8, 4) is 0 Å². The molecule has 1 aromatic rings. The lowest BCUT2D eigenvalue weighted by atomic mass is 9.64. The highest BCUT2D eigenvalue weighted by molar-refractivity contribution is 6.30. The van der Waals surface area contributed by atoms with E-state index < -0.39 is 0 Å². The average Bonchev–Trinajstić information content (AvgIpc) is 2.26. The monoisotopic (exact) mass is 257 g/mol. The third-order valence-corrected chi connectivity index (χ3v) is 4.01. The van der Waals surface area contributed by atoms with Gasteiger partial charge in [-0.15, -0.1) is 0 Å². The van der Waals surface area contributed by atoms with Crippen molar-refractivity contribution >= 4 is 11.6 Å². The van der Waals surface area contributed by atoms with Crippen molar-refractivity contribution in [2.75, 3.05) is 0 Å². The molecule has 0 spiro atoms. The summed E-state index contributed by atoms with van der Waals surface area (Å²) >= 11 is 5.69. The fraction of sp³-hybridized carbons (Fsp3) is 0.538. The third kappa shape index (κ3) is 2.46. The molecule has 2 unspecified atom stereocenters. The first-order valence-electron chi connectivity index (χ1n) is 5.76. The SMILES string of the molecule is CC1(C)C(O)CC1NCc1ccc(Cl)cc1F. The van der Waals surface area contributed by atoms with E-state index in [0.29, 0.717) is 17.1 Å². The maximum Gasteiger partial charge on any atom is 0.129 e. The van der Waals surface area contributed by atoms with Gasteiger partial charge in [0.15, 0.2) is 0 Å². The number of aliphatic hydroxyl groups is 1. The standard InChI is InChI=1S/C13H17ClFNO/c1-13(2)11(6-12(13)17)16-7-8-3-4-9(14)5-10(8)15/h3-5,11-12,16-17H,6-7H2,1-2H3. The highest BCUT2D eigenvalue weighted by Crippen LogP contribution is 2.40. The molecule has 0 saturated heterocycles. The summed E-state index contributed by atoms with van der Waals surface area (Å²) in [4.78, 5) is 0. The Labute approximate surface area is 106 Å². The predicted molar refractivity (Wildman–Crippen MR) is 66.4 cm³/mol. The minimum atomic E-state index is -0.289. The zero-order valence-electron chi connectivity index (χ0n) is 10.0. The van der Waals surface area contributed by atoms with E-state index in [1.165, 1.54) is 6.07 Å². The lowest BCUT2D eigenvalue weighted by Crippen LogP contribution is -2.59. The Morgan fingerprint density at radius 1 is 1.53 bits per heavy atom. The minimum Gasteiger partial charge on any atom is -0.392 e. The lowest BCUT2D eigenvalue weighted by Gasteiger charge is -2.49. The molecule has 2 N–H and O–H groups in total. The van der Waals surface area contributed by atoms with Crippen molar-refractivity contribution in [1.82, 2.24) is 5.32 Å². The van der Waals surface area contributed by atoms with Gasteiger partial charge in [0.05, 0.1) is 6.10 Å². The van der Waals surface area contributed by atoms with Crippen molar-refractivity contribution in [2.24, 2.45) is 5.41 Å². The summed E-state index contributed by atoms with van der Waals surface area (Å²) in [6, 6.07) is 4.92. The molecule has 0 bridgehead atoms. The van der Waals surface area contributed by atoms with E-state index in [0.717, 1.165) is 6.42 Å². The molecule has 0 aliphatic heterocycles. The molecule has 0 radical (unpaired) electrons. The van der Waals surface area contributed by atoms with Gasteiger partial charge < -0.3 is 10.4 Å². The van der Waals surface area contributed by atoms with Crippen LogP contribution in [0.1, 0.15) is 25.8 Å². The van der Waals surface area contributed by atoms with Crippen LogP contribution in [0.4, 0.5) is 4.39 Å². The number of rotatable bonds is 3.